The molecule has 1 amide bonds. The Labute approximate surface area is 114 Å². The quantitative estimate of drug-likeness (QED) is 0.877. The maximum absolute atomic E-state index is 12.7. The SMILES string of the molecule is NC(=O)OC1CNCCC1c1cccc(C(F)(F)F)c1. The molecular weight excluding hydrogens is 273 g/mol. The van der Waals surface area contributed by atoms with Crippen LogP contribution in [0.15, 0.2) is 24.3 Å². The van der Waals surface area contributed by atoms with Crippen LogP contribution in [0.1, 0.15) is 23.5 Å². The van der Waals surface area contributed by atoms with Crippen LogP contribution >= 0.6 is 0 Å². The number of carbonyl (C=O) groups excluding carboxylic acids is 1. The van der Waals surface area contributed by atoms with E-state index in [1.807, 2.05) is 0 Å². The van der Waals surface area contributed by atoms with Crippen molar-refractivity contribution >= 4 is 6.09 Å². The molecule has 20 heavy (non-hydrogen) atoms. The number of hydrogen-bond acceptors (Lipinski definition) is 3. The number of carbonyl (C=O) groups is 1. The topological polar surface area (TPSA) is 64.4 Å². The number of rotatable bonds is 2. The number of hydrogen-bond donors (Lipinski definition) is 2. The van der Waals surface area contributed by atoms with Gasteiger partial charge in [-0.1, -0.05) is 18.2 Å². The van der Waals surface area contributed by atoms with Crippen molar-refractivity contribution in [2.24, 2.45) is 5.73 Å². The molecule has 0 radical (unpaired) electrons. The first kappa shape index (κ1) is 14.6. The average Bonchev–Trinajstić information content (AvgIpc) is 2.38. The molecule has 1 saturated heterocycles. The minimum atomic E-state index is -4.39. The molecular formula is C13H15F3N2O2. The number of ether oxygens (including phenoxy) is 1. The molecule has 0 saturated carbocycles. The van der Waals surface area contributed by atoms with E-state index in [0.717, 1.165) is 12.1 Å². The predicted molar refractivity (Wildman–Crippen MR) is 66.1 cm³/mol. The molecule has 1 aromatic rings. The van der Waals surface area contributed by atoms with Gasteiger partial charge in [0, 0.05) is 12.5 Å². The summed E-state index contributed by atoms with van der Waals surface area (Å²) in [6.07, 6.45) is -5.28. The number of primary amides is 1. The van der Waals surface area contributed by atoms with Crippen LogP contribution in [-0.2, 0) is 10.9 Å². The van der Waals surface area contributed by atoms with Crippen molar-refractivity contribution in [1.82, 2.24) is 5.32 Å². The van der Waals surface area contributed by atoms with E-state index in [1.54, 1.807) is 6.07 Å². The minimum absolute atomic E-state index is 0.286. The molecule has 2 rings (SSSR count). The maximum Gasteiger partial charge on any atom is 0.416 e. The highest BCUT2D eigenvalue weighted by atomic mass is 19.4. The molecule has 0 bridgehead atoms. The molecule has 0 aromatic heterocycles. The van der Waals surface area contributed by atoms with Crippen LogP contribution in [-0.4, -0.2) is 25.3 Å². The van der Waals surface area contributed by atoms with Gasteiger partial charge in [-0.15, -0.1) is 0 Å². The third-order valence-corrected chi connectivity index (χ3v) is 3.34. The van der Waals surface area contributed by atoms with Crippen LogP contribution in [0.5, 0.6) is 0 Å². The number of amides is 1. The van der Waals surface area contributed by atoms with E-state index in [9.17, 15) is 18.0 Å². The summed E-state index contributed by atoms with van der Waals surface area (Å²) in [6, 6.07) is 5.10. The maximum atomic E-state index is 12.7. The fourth-order valence-corrected chi connectivity index (χ4v) is 2.43. The van der Waals surface area contributed by atoms with E-state index in [4.69, 9.17) is 10.5 Å². The third-order valence-electron chi connectivity index (χ3n) is 3.34. The van der Waals surface area contributed by atoms with Gasteiger partial charge < -0.3 is 15.8 Å². The number of nitrogens with one attached hydrogen (secondary N) is 1. The lowest BCUT2D eigenvalue weighted by atomic mass is 9.87. The zero-order chi connectivity index (χ0) is 14.8. The molecule has 110 valence electrons. The molecule has 4 nitrogen and oxygen atoms in total. The van der Waals surface area contributed by atoms with Gasteiger partial charge in [0.25, 0.3) is 0 Å². The zero-order valence-corrected chi connectivity index (χ0v) is 10.6. The monoisotopic (exact) mass is 288 g/mol. The number of halogens is 3. The summed E-state index contributed by atoms with van der Waals surface area (Å²) in [5, 5.41) is 3.03. The van der Waals surface area contributed by atoms with Crippen LogP contribution in [0.25, 0.3) is 0 Å². The van der Waals surface area contributed by atoms with Gasteiger partial charge in [-0.3, -0.25) is 0 Å². The van der Waals surface area contributed by atoms with Gasteiger partial charge >= 0.3 is 12.3 Å². The molecule has 1 heterocycles. The summed E-state index contributed by atoms with van der Waals surface area (Å²) in [7, 11) is 0. The lowest BCUT2D eigenvalue weighted by Crippen LogP contribution is -2.43. The van der Waals surface area contributed by atoms with Gasteiger partial charge in [-0.2, -0.15) is 13.2 Å². The molecule has 1 aromatic carbocycles. The molecule has 2 unspecified atom stereocenters. The van der Waals surface area contributed by atoms with E-state index >= 15 is 0 Å². The summed E-state index contributed by atoms with van der Waals surface area (Å²) >= 11 is 0. The summed E-state index contributed by atoms with van der Waals surface area (Å²) in [5.41, 5.74) is 4.80. The number of alkyl halides is 3. The first-order valence-corrected chi connectivity index (χ1v) is 6.22. The summed E-state index contributed by atoms with van der Waals surface area (Å²) in [5.74, 6) is -0.286. The fourth-order valence-electron chi connectivity index (χ4n) is 2.43. The van der Waals surface area contributed by atoms with Crippen molar-refractivity contribution in [3.63, 3.8) is 0 Å². The van der Waals surface area contributed by atoms with Gasteiger partial charge in [0.1, 0.15) is 6.10 Å². The molecule has 1 fully saturated rings. The van der Waals surface area contributed by atoms with E-state index in [2.05, 4.69) is 5.32 Å². The van der Waals surface area contributed by atoms with Crippen molar-refractivity contribution in [3.05, 3.63) is 35.4 Å². The minimum Gasteiger partial charge on any atom is -0.444 e. The molecule has 7 heteroatoms. The molecule has 1 aliphatic heterocycles. The highest BCUT2D eigenvalue weighted by Crippen LogP contribution is 2.34. The largest absolute Gasteiger partial charge is 0.444 e. The summed E-state index contributed by atoms with van der Waals surface area (Å²) < 4.78 is 43.2. The van der Waals surface area contributed by atoms with Crippen molar-refractivity contribution < 1.29 is 22.7 Å². The van der Waals surface area contributed by atoms with Gasteiger partial charge in [0.2, 0.25) is 0 Å². The first-order valence-electron chi connectivity index (χ1n) is 6.22. The van der Waals surface area contributed by atoms with E-state index in [-0.39, 0.29) is 5.92 Å². The van der Waals surface area contributed by atoms with E-state index in [0.29, 0.717) is 25.1 Å². The standard InChI is InChI=1S/C13H15F3N2O2/c14-13(15,16)9-3-1-2-8(6-9)10-4-5-18-7-11(10)20-12(17)19/h1-3,6,10-11,18H,4-5,7H2,(H2,17,19). The zero-order valence-electron chi connectivity index (χ0n) is 10.6. The predicted octanol–water partition coefficient (Wildman–Crippen LogP) is 2.25. The second-order valence-corrected chi connectivity index (χ2v) is 4.70. The van der Waals surface area contributed by atoms with Crippen molar-refractivity contribution in [3.8, 4) is 0 Å². The Bertz CT molecular complexity index is 491. The number of nitrogens with two attached hydrogens (primary N) is 1. The normalized spacial score (nSPS) is 23.4. The Balaban J connectivity index is 2.26. The average molecular weight is 288 g/mol. The van der Waals surface area contributed by atoms with Gasteiger partial charge in [-0.25, -0.2) is 4.79 Å². The van der Waals surface area contributed by atoms with Crippen LogP contribution in [0.3, 0.4) is 0 Å². The molecule has 2 atom stereocenters. The van der Waals surface area contributed by atoms with Crippen LogP contribution in [0.2, 0.25) is 0 Å². The van der Waals surface area contributed by atoms with Gasteiger partial charge in [-0.05, 0) is 24.6 Å². The number of benzene rings is 1. The Hall–Kier alpha value is -1.76. The Morgan fingerprint density at radius 3 is 2.80 bits per heavy atom. The van der Waals surface area contributed by atoms with Crippen molar-refractivity contribution in [2.75, 3.05) is 13.1 Å². The van der Waals surface area contributed by atoms with Crippen molar-refractivity contribution in [1.29, 1.82) is 0 Å². The van der Waals surface area contributed by atoms with E-state index < -0.39 is 23.9 Å². The lowest BCUT2D eigenvalue weighted by Gasteiger charge is -2.31. The second kappa shape index (κ2) is 5.70. The van der Waals surface area contributed by atoms with Gasteiger partial charge in [0.15, 0.2) is 0 Å². The first-order chi connectivity index (χ1) is 9.38. The molecule has 3 N–H and O–H groups in total. The number of piperidine rings is 1. The smallest absolute Gasteiger partial charge is 0.416 e. The van der Waals surface area contributed by atoms with Gasteiger partial charge in [0.05, 0.1) is 5.56 Å². The Morgan fingerprint density at radius 1 is 1.40 bits per heavy atom. The summed E-state index contributed by atoms with van der Waals surface area (Å²) in [4.78, 5) is 10.9. The van der Waals surface area contributed by atoms with Crippen molar-refractivity contribution in [2.45, 2.75) is 24.6 Å². The van der Waals surface area contributed by atoms with Crippen LogP contribution in [0.4, 0.5) is 18.0 Å². The third kappa shape index (κ3) is 3.41. The Morgan fingerprint density at radius 2 is 2.15 bits per heavy atom. The summed E-state index contributed by atoms with van der Waals surface area (Å²) in [6.45, 7) is 1.03. The lowest BCUT2D eigenvalue weighted by molar-refractivity contribution is -0.137. The van der Waals surface area contributed by atoms with E-state index in [1.165, 1.54) is 6.07 Å². The highest BCUT2D eigenvalue weighted by Gasteiger charge is 2.33. The Kier molecular flexibility index (Phi) is 4.17. The molecule has 1 aliphatic rings. The fraction of sp³-hybridized carbons (Fsp3) is 0.462. The molecule has 0 aliphatic carbocycles. The second-order valence-electron chi connectivity index (χ2n) is 4.70. The van der Waals surface area contributed by atoms with Crippen LogP contribution < -0.4 is 11.1 Å². The van der Waals surface area contributed by atoms with Crippen LogP contribution in [0, 0.1) is 0 Å². The molecule has 0 spiro atoms. The highest BCUT2D eigenvalue weighted by molar-refractivity contribution is 5.65.